The molecule has 0 aliphatic carbocycles. The maximum Gasteiger partial charge on any atom is 0.419 e. The monoisotopic (exact) mass is 301 g/mol. The first-order valence-electron chi connectivity index (χ1n) is 6.38. The van der Waals surface area contributed by atoms with Crippen molar-refractivity contribution in [3.8, 4) is 0 Å². The predicted molar refractivity (Wildman–Crippen MR) is 70.0 cm³/mol. The van der Waals surface area contributed by atoms with E-state index in [1.54, 1.807) is 17.9 Å². The number of nitrogens with two attached hydrogens (primary N) is 1. The van der Waals surface area contributed by atoms with Gasteiger partial charge < -0.3 is 5.73 Å². The molecule has 1 heterocycles. The van der Waals surface area contributed by atoms with Crippen LogP contribution in [-0.4, -0.2) is 9.78 Å². The summed E-state index contributed by atoms with van der Waals surface area (Å²) in [6.07, 6.45) is -2.47. The van der Waals surface area contributed by atoms with Crippen LogP contribution in [0.3, 0.4) is 0 Å². The Kier molecular flexibility index (Phi) is 4.04. The molecule has 21 heavy (non-hydrogen) atoms. The van der Waals surface area contributed by atoms with Gasteiger partial charge in [-0.1, -0.05) is 13.0 Å². The summed E-state index contributed by atoms with van der Waals surface area (Å²) in [4.78, 5) is 0. The molecule has 0 saturated heterocycles. The summed E-state index contributed by atoms with van der Waals surface area (Å²) in [5, 5.41) is 4.20. The first kappa shape index (κ1) is 15.5. The molecule has 0 amide bonds. The SMILES string of the molecule is CCc1nn(C)cc1C(N)c1ccc(F)c(C(F)(F)F)c1. The summed E-state index contributed by atoms with van der Waals surface area (Å²) in [6.45, 7) is 1.88. The maximum absolute atomic E-state index is 13.3. The highest BCUT2D eigenvalue weighted by Crippen LogP contribution is 2.34. The molecule has 114 valence electrons. The van der Waals surface area contributed by atoms with Gasteiger partial charge in [0.25, 0.3) is 0 Å². The van der Waals surface area contributed by atoms with Crippen molar-refractivity contribution in [3.05, 3.63) is 52.6 Å². The average Bonchev–Trinajstić information content (AvgIpc) is 2.78. The van der Waals surface area contributed by atoms with Gasteiger partial charge >= 0.3 is 6.18 Å². The van der Waals surface area contributed by atoms with Crippen molar-refractivity contribution < 1.29 is 17.6 Å². The fourth-order valence-corrected chi connectivity index (χ4v) is 2.22. The van der Waals surface area contributed by atoms with E-state index in [2.05, 4.69) is 5.10 Å². The number of aromatic nitrogens is 2. The molecule has 1 atom stereocenters. The maximum atomic E-state index is 13.3. The van der Waals surface area contributed by atoms with E-state index < -0.39 is 23.6 Å². The van der Waals surface area contributed by atoms with Crippen LogP contribution in [0.25, 0.3) is 0 Å². The number of hydrogen-bond acceptors (Lipinski definition) is 2. The van der Waals surface area contributed by atoms with E-state index in [1.165, 1.54) is 6.07 Å². The van der Waals surface area contributed by atoms with Crippen LogP contribution in [0.4, 0.5) is 17.6 Å². The van der Waals surface area contributed by atoms with Crippen molar-refractivity contribution in [2.75, 3.05) is 0 Å². The number of nitrogens with zero attached hydrogens (tertiary/aromatic N) is 2. The van der Waals surface area contributed by atoms with Gasteiger partial charge in [-0.2, -0.15) is 18.3 Å². The molecule has 2 aromatic rings. The van der Waals surface area contributed by atoms with Crippen LogP contribution in [0.1, 0.15) is 35.3 Å². The number of alkyl halides is 3. The van der Waals surface area contributed by atoms with Crippen molar-refractivity contribution >= 4 is 0 Å². The van der Waals surface area contributed by atoms with E-state index in [4.69, 9.17) is 5.73 Å². The van der Waals surface area contributed by atoms with Gasteiger partial charge in [0.1, 0.15) is 5.82 Å². The average molecular weight is 301 g/mol. The van der Waals surface area contributed by atoms with Gasteiger partial charge in [-0.15, -0.1) is 0 Å². The quantitative estimate of drug-likeness (QED) is 0.885. The van der Waals surface area contributed by atoms with Gasteiger partial charge in [-0.3, -0.25) is 4.68 Å². The van der Waals surface area contributed by atoms with Crippen molar-refractivity contribution in [1.82, 2.24) is 9.78 Å². The summed E-state index contributed by atoms with van der Waals surface area (Å²) >= 11 is 0. The number of benzene rings is 1. The third-order valence-corrected chi connectivity index (χ3v) is 3.26. The molecule has 0 bridgehead atoms. The minimum absolute atomic E-state index is 0.200. The Labute approximate surface area is 119 Å². The Morgan fingerprint density at radius 2 is 2.00 bits per heavy atom. The van der Waals surface area contributed by atoms with Crippen LogP contribution in [0.5, 0.6) is 0 Å². The van der Waals surface area contributed by atoms with E-state index in [0.29, 0.717) is 17.7 Å². The molecule has 0 radical (unpaired) electrons. The van der Waals surface area contributed by atoms with Gasteiger partial charge in [0.05, 0.1) is 17.3 Å². The lowest BCUT2D eigenvalue weighted by molar-refractivity contribution is -0.140. The molecule has 0 fully saturated rings. The third kappa shape index (κ3) is 3.07. The molecular formula is C14H15F4N3. The molecule has 2 N–H and O–H groups in total. The molecule has 0 aliphatic rings. The van der Waals surface area contributed by atoms with Crippen LogP contribution in [-0.2, 0) is 19.6 Å². The number of rotatable bonds is 3. The highest BCUT2D eigenvalue weighted by Gasteiger charge is 2.34. The Balaban J connectivity index is 2.46. The highest BCUT2D eigenvalue weighted by molar-refractivity contribution is 5.36. The number of halogens is 4. The van der Waals surface area contributed by atoms with E-state index in [-0.39, 0.29) is 5.56 Å². The van der Waals surface area contributed by atoms with Crippen molar-refractivity contribution in [1.29, 1.82) is 0 Å². The first-order valence-corrected chi connectivity index (χ1v) is 6.38. The second-order valence-electron chi connectivity index (χ2n) is 4.77. The summed E-state index contributed by atoms with van der Waals surface area (Å²) in [5.74, 6) is -1.31. The van der Waals surface area contributed by atoms with Crippen LogP contribution < -0.4 is 5.73 Å². The Bertz CT molecular complexity index is 646. The van der Waals surface area contributed by atoms with E-state index in [9.17, 15) is 17.6 Å². The lowest BCUT2D eigenvalue weighted by Gasteiger charge is -2.15. The molecule has 0 spiro atoms. The fraction of sp³-hybridized carbons (Fsp3) is 0.357. The Morgan fingerprint density at radius 1 is 1.33 bits per heavy atom. The van der Waals surface area contributed by atoms with Gasteiger partial charge in [-0.05, 0) is 24.1 Å². The molecule has 1 aromatic carbocycles. The zero-order valence-electron chi connectivity index (χ0n) is 11.6. The van der Waals surface area contributed by atoms with Gasteiger partial charge in [0.2, 0.25) is 0 Å². The van der Waals surface area contributed by atoms with Crippen molar-refractivity contribution in [2.24, 2.45) is 12.8 Å². The zero-order chi connectivity index (χ0) is 15.8. The van der Waals surface area contributed by atoms with Crippen LogP contribution in [0, 0.1) is 5.82 Å². The summed E-state index contributed by atoms with van der Waals surface area (Å²) in [6, 6.07) is 2.03. The standard InChI is InChI=1S/C14H15F4N3/c1-3-12-9(7-21(2)20-12)13(19)8-4-5-11(15)10(6-8)14(16,17)18/h4-7,13H,3,19H2,1-2H3. The predicted octanol–water partition coefficient (Wildman–Crippen LogP) is 3.19. The summed E-state index contributed by atoms with van der Waals surface area (Å²) in [7, 11) is 1.71. The normalized spacial score (nSPS) is 13.5. The minimum Gasteiger partial charge on any atom is -0.320 e. The van der Waals surface area contributed by atoms with Crippen LogP contribution in [0.2, 0.25) is 0 Å². The fourth-order valence-electron chi connectivity index (χ4n) is 2.22. The molecule has 3 nitrogen and oxygen atoms in total. The number of hydrogen-bond donors (Lipinski definition) is 1. The van der Waals surface area contributed by atoms with Crippen molar-refractivity contribution in [3.63, 3.8) is 0 Å². The molecule has 7 heteroatoms. The van der Waals surface area contributed by atoms with Crippen molar-refractivity contribution in [2.45, 2.75) is 25.6 Å². The molecule has 1 unspecified atom stereocenters. The molecule has 0 aliphatic heterocycles. The van der Waals surface area contributed by atoms with Crippen LogP contribution in [0.15, 0.2) is 24.4 Å². The Morgan fingerprint density at radius 3 is 2.57 bits per heavy atom. The van der Waals surface area contributed by atoms with Crippen LogP contribution >= 0.6 is 0 Å². The van der Waals surface area contributed by atoms with Gasteiger partial charge in [-0.25, -0.2) is 4.39 Å². The van der Waals surface area contributed by atoms with E-state index in [1.807, 2.05) is 6.92 Å². The summed E-state index contributed by atoms with van der Waals surface area (Å²) in [5.41, 5.74) is 6.27. The lowest BCUT2D eigenvalue weighted by Crippen LogP contribution is -2.16. The second-order valence-corrected chi connectivity index (χ2v) is 4.77. The molecule has 0 saturated carbocycles. The van der Waals surface area contributed by atoms with E-state index >= 15 is 0 Å². The lowest BCUT2D eigenvalue weighted by atomic mass is 9.97. The minimum atomic E-state index is -4.75. The zero-order valence-corrected chi connectivity index (χ0v) is 11.6. The molecular weight excluding hydrogens is 286 g/mol. The smallest absolute Gasteiger partial charge is 0.320 e. The number of aryl methyl sites for hydroxylation is 2. The summed E-state index contributed by atoms with van der Waals surface area (Å²) < 4.78 is 53.1. The second kappa shape index (κ2) is 5.48. The molecule has 1 aromatic heterocycles. The topological polar surface area (TPSA) is 43.8 Å². The molecule has 2 rings (SSSR count). The largest absolute Gasteiger partial charge is 0.419 e. The highest BCUT2D eigenvalue weighted by atomic mass is 19.4. The Hall–Kier alpha value is -1.89. The van der Waals surface area contributed by atoms with Gasteiger partial charge in [0, 0.05) is 18.8 Å². The first-order chi connectivity index (χ1) is 9.74. The van der Waals surface area contributed by atoms with Gasteiger partial charge in [0.15, 0.2) is 0 Å². The third-order valence-electron chi connectivity index (χ3n) is 3.26. The van der Waals surface area contributed by atoms with E-state index in [0.717, 1.165) is 12.1 Å².